The van der Waals surface area contributed by atoms with Gasteiger partial charge >= 0.3 is 0 Å². The first-order valence-electron chi connectivity index (χ1n) is 15.4. The smallest absolute Gasteiger partial charge is 0.0857 e. The first-order valence-corrected chi connectivity index (χ1v) is 15.4. The summed E-state index contributed by atoms with van der Waals surface area (Å²) in [6, 6.07) is 0.821. The lowest BCUT2D eigenvalue weighted by atomic mass is 10.0. The van der Waals surface area contributed by atoms with Crippen LogP contribution in [0.3, 0.4) is 0 Å². The molecule has 0 rings (SSSR count). The van der Waals surface area contributed by atoms with Crippen LogP contribution in [0.15, 0.2) is 0 Å². The van der Waals surface area contributed by atoms with Crippen LogP contribution < -0.4 is 12.4 Å². The van der Waals surface area contributed by atoms with Crippen molar-refractivity contribution in [3.63, 3.8) is 0 Å². The third-order valence-electron chi connectivity index (χ3n) is 8.01. The SMILES string of the molecule is CCCCCCCCCCCCCCCC(C)[N+](C)(C)CCCCCCCCCCCC.[Cl-]. The molecular formula is C31H66ClN. The van der Waals surface area contributed by atoms with Crippen molar-refractivity contribution in [3.05, 3.63) is 0 Å². The van der Waals surface area contributed by atoms with Crippen molar-refractivity contribution in [2.45, 2.75) is 181 Å². The van der Waals surface area contributed by atoms with Crippen LogP contribution in [-0.2, 0) is 0 Å². The Labute approximate surface area is 218 Å². The molecule has 0 aliphatic carbocycles. The van der Waals surface area contributed by atoms with Crippen molar-refractivity contribution >= 4 is 0 Å². The van der Waals surface area contributed by atoms with Gasteiger partial charge in [-0.25, -0.2) is 0 Å². The van der Waals surface area contributed by atoms with E-state index in [4.69, 9.17) is 0 Å². The highest BCUT2D eigenvalue weighted by atomic mass is 35.5. The van der Waals surface area contributed by atoms with E-state index in [1.54, 1.807) is 0 Å². The summed E-state index contributed by atoms with van der Waals surface area (Å²) in [6.07, 6.45) is 34.9. The predicted octanol–water partition coefficient (Wildman–Crippen LogP) is 7.86. The van der Waals surface area contributed by atoms with Gasteiger partial charge in [0.15, 0.2) is 0 Å². The van der Waals surface area contributed by atoms with Crippen molar-refractivity contribution in [1.82, 2.24) is 0 Å². The second kappa shape index (κ2) is 26.8. The lowest BCUT2D eigenvalue weighted by Gasteiger charge is -2.36. The van der Waals surface area contributed by atoms with Crippen LogP contribution in [0.5, 0.6) is 0 Å². The minimum atomic E-state index is 0. The lowest BCUT2D eigenvalue weighted by molar-refractivity contribution is -0.913. The van der Waals surface area contributed by atoms with Gasteiger partial charge in [-0.2, -0.15) is 0 Å². The van der Waals surface area contributed by atoms with Crippen molar-refractivity contribution in [1.29, 1.82) is 0 Å². The molecule has 0 saturated carbocycles. The molecule has 202 valence electrons. The van der Waals surface area contributed by atoms with Gasteiger partial charge in [-0.1, -0.05) is 142 Å². The van der Waals surface area contributed by atoms with E-state index in [1.807, 2.05) is 0 Å². The Morgan fingerprint density at radius 3 is 1.03 bits per heavy atom. The Kier molecular flexibility index (Phi) is 28.8. The van der Waals surface area contributed by atoms with Crippen LogP contribution in [0.25, 0.3) is 0 Å². The van der Waals surface area contributed by atoms with Crippen molar-refractivity contribution in [3.8, 4) is 0 Å². The average Bonchev–Trinajstić information content (AvgIpc) is 2.78. The average molecular weight is 488 g/mol. The van der Waals surface area contributed by atoms with Gasteiger partial charge in [0, 0.05) is 0 Å². The quantitative estimate of drug-likeness (QED) is 0.0859. The molecule has 0 heterocycles. The van der Waals surface area contributed by atoms with Crippen molar-refractivity contribution in [2.24, 2.45) is 0 Å². The van der Waals surface area contributed by atoms with Crippen LogP contribution >= 0.6 is 0 Å². The number of quaternary nitrogens is 1. The molecule has 0 radical (unpaired) electrons. The number of halogens is 1. The zero-order chi connectivity index (χ0) is 23.8. The van der Waals surface area contributed by atoms with Gasteiger partial charge < -0.3 is 16.9 Å². The Morgan fingerprint density at radius 1 is 0.424 bits per heavy atom. The third kappa shape index (κ3) is 25.2. The van der Waals surface area contributed by atoms with Crippen LogP contribution in [0.2, 0.25) is 0 Å². The van der Waals surface area contributed by atoms with Gasteiger partial charge in [0.25, 0.3) is 0 Å². The van der Waals surface area contributed by atoms with Crippen LogP contribution in [0.1, 0.15) is 175 Å². The Balaban J connectivity index is 0. The monoisotopic (exact) mass is 487 g/mol. The Hall–Kier alpha value is 0.250. The highest BCUT2D eigenvalue weighted by Gasteiger charge is 2.22. The molecule has 0 aliphatic rings. The molecule has 0 aromatic heterocycles. The van der Waals surface area contributed by atoms with E-state index in [-0.39, 0.29) is 12.4 Å². The Morgan fingerprint density at radius 2 is 0.697 bits per heavy atom. The highest BCUT2D eigenvalue weighted by Crippen LogP contribution is 2.18. The van der Waals surface area contributed by atoms with E-state index in [2.05, 4.69) is 34.9 Å². The van der Waals surface area contributed by atoms with Crippen molar-refractivity contribution < 1.29 is 16.9 Å². The van der Waals surface area contributed by atoms with E-state index in [0.717, 1.165) is 6.04 Å². The molecule has 1 unspecified atom stereocenters. The van der Waals surface area contributed by atoms with Gasteiger partial charge in [0.2, 0.25) is 0 Å². The van der Waals surface area contributed by atoms with E-state index in [0.29, 0.717) is 0 Å². The summed E-state index contributed by atoms with van der Waals surface area (Å²) in [5.74, 6) is 0. The molecule has 0 aromatic rings. The van der Waals surface area contributed by atoms with E-state index in [1.165, 1.54) is 165 Å². The minimum Gasteiger partial charge on any atom is -1.00 e. The number of nitrogens with zero attached hydrogens (tertiary/aromatic N) is 1. The van der Waals surface area contributed by atoms with Crippen molar-refractivity contribution in [2.75, 3.05) is 20.6 Å². The zero-order valence-corrected chi connectivity index (χ0v) is 24.8. The molecule has 2 heteroatoms. The first-order chi connectivity index (χ1) is 15.5. The van der Waals surface area contributed by atoms with Gasteiger partial charge in [-0.05, 0) is 32.6 Å². The second-order valence-electron chi connectivity index (χ2n) is 11.6. The third-order valence-corrected chi connectivity index (χ3v) is 8.01. The maximum atomic E-state index is 2.50. The van der Waals surface area contributed by atoms with Crippen LogP contribution in [0.4, 0.5) is 0 Å². The van der Waals surface area contributed by atoms with Gasteiger partial charge in [0.1, 0.15) is 0 Å². The molecule has 0 fully saturated rings. The van der Waals surface area contributed by atoms with Gasteiger partial charge in [-0.3, -0.25) is 0 Å². The maximum absolute atomic E-state index is 2.50. The largest absolute Gasteiger partial charge is 1.00 e. The molecule has 0 aromatic carbocycles. The topological polar surface area (TPSA) is 0 Å². The van der Waals surface area contributed by atoms with E-state index in [9.17, 15) is 0 Å². The van der Waals surface area contributed by atoms with Gasteiger partial charge in [-0.15, -0.1) is 0 Å². The Bertz CT molecular complexity index is 355. The zero-order valence-electron chi connectivity index (χ0n) is 24.1. The van der Waals surface area contributed by atoms with E-state index >= 15 is 0 Å². The summed E-state index contributed by atoms with van der Waals surface area (Å²) >= 11 is 0. The fourth-order valence-corrected chi connectivity index (χ4v) is 5.03. The summed E-state index contributed by atoms with van der Waals surface area (Å²) in [5, 5.41) is 0. The molecule has 33 heavy (non-hydrogen) atoms. The molecule has 0 saturated heterocycles. The normalized spacial score (nSPS) is 12.6. The molecular weight excluding hydrogens is 422 g/mol. The molecule has 0 amide bonds. The first kappa shape index (κ1) is 35.4. The van der Waals surface area contributed by atoms with Gasteiger partial charge in [0.05, 0.1) is 26.7 Å². The number of hydrogen-bond donors (Lipinski definition) is 0. The summed E-state index contributed by atoms with van der Waals surface area (Å²) in [4.78, 5) is 0. The minimum absolute atomic E-state index is 0. The molecule has 1 nitrogen and oxygen atoms in total. The summed E-state index contributed by atoms with van der Waals surface area (Å²) in [7, 11) is 4.95. The number of hydrogen-bond acceptors (Lipinski definition) is 0. The molecule has 0 bridgehead atoms. The van der Waals surface area contributed by atoms with Crippen LogP contribution in [0, 0.1) is 0 Å². The molecule has 0 spiro atoms. The summed E-state index contributed by atoms with van der Waals surface area (Å²) < 4.78 is 1.23. The lowest BCUT2D eigenvalue weighted by Crippen LogP contribution is -3.00. The standard InChI is InChI=1S/C31H66N.ClH/c1-6-8-10-12-14-16-18-19-20-21-23-25-27-29-31(3)32(4,5)30-28-26-24-22-17-15-13-11-9-7-2;/h31H,6-30H2,1-5H3;1H/q+1;/p-1. The molecule has 1 atom stereocenters. The fourth-order valence-electron chi connectivity index (χ4n) is 5.03. The highest BCUT2D eigenvalue weighted by molar-refractivity contribution is 4.55. The predicted molar refractivity (Wildman–Crippen MR) is 149 cm³/mol. The number of unbranched alkanes of at least 4 members (excludes halogenated alkanes) is 21. The fraction of sp³-hybridized carbons (Fsp3) is 1.00. The second-order valence-corrected chi connectivity index (χ2v) is 11.6. The van der Waals surface area contributed by atoms with Crippen LogP contribution in [-0.4, -0.2) is 31.2 Å². The summed E-state index contributed by atoms with van der Waals surface area (Å²) in [6.45, 7) is 8.48. The van der Waals surface area contributed by atoms with E-state index < -0.39 is 0 Å². The maximum Gasteiger partial charge on any atom is 0.0857 e. The molecule has 0 N–H and O–H groups in total. The molecule has 0 aliphatic heterocycles. The number of rotatable bonds is 26. The summed E-state index contributed by atoms with van der Waals surface area (Å²) in [5.41, 5.74) is 0.